The summed E-state index contributed by atoms with van der Waals surface area (Å²) in [7, 11) is 1.28. The maximum absolute atomic E-state index is 2.32. The molecule has 0 aliphatic heterocycles. The Hall–Kier alpha value is 0.430. The third-order valence-electron chi connectivity index (χ3n) is 3.57. The van der Waals surface area contributed by atoms with E-state index < -0.39 is 0 Å². The van der Waals surface area contributed by atoms with Gasteiger partial charge in [0.25, 0.3) is 0 Å². The molecule has 1 unspecified atom stereocenters. The van der Waals surface area contributed by atoms with E-state index in [1.165, 1.54) is 72.5 Å². The summed E-state index contributed by atoms with van der Waals surface area (Å²) in [4.78, 5) is 0. The molecule has 15 heavy (non-hydrogen) atoms. The van der Waals surface area contributed by atoms with Crippen LogP contribution >= 0.6 is 8.58 Å². The lowest BCUT2D eigenvalue weighted by atomic mass is 10.0. The van der Waals surface area contributed by atoms with E-state index >= 15 is 0 Å². The van der Waals surface area contributed by atoms with Gasteiger partial charge in [-0.1, -0.05) is 58.3 Å². The normalized spacial score (nSPS) is 22.2. The van der Waals surface area contributed by atoms with Crippen LogP contribution in [0.25, 0.3) is 0 Å². The summed E-state index contributed by atoms with van der Waals surface area (Å²) >= 11 is 0. The molecule has 1 rings (SSSR count). The monoisotopic (exact) mass is 228 g/mol. The van der Waals surface area contributed by atoms with Crippen LogP contribution in [0.15, 0.2) is 0 Å². The van der Waals surface area contributed by atoms with E-state index in [0.29, 0.717) is 0 Å². The van der Waals surface area contributed by atoms with Gasteiger partial charge in [0.1, 0.15) is 0 Å². The minimum Gasteiger partial charge on any atom is -0.119 e. The van der Waals surface area contributed by atoms with Crippen molar-refractivity contribution in [1.82, 2.24) is 0 Å². The van der Waals surface area contributed by atoms with Gasteiger partial charge in [0.2, 0.25) is 0 Å². The van der Waals surface area contributed by atoms with E-state index in [-0.39, 0.29) is 0 Å². The molecule has 0 aromatic rings. The number of hydrogen-bond acceptors (Lipinski definition) is 0. The smallest absolute Gasteiger partial charge is 0.0237 e. The molecule has 0 spiro atoms. The zero-order chi connectivity index (χ0) is 10.8. The number of unbranched alkanes of at least 4 members (excludes halogenated alkanes) is 1. The molecule has 90 valence electrons. The van der Waals surface area contributed by atoms with Gasteiger partial charge < -0.3 is 0 Å². The average molecular weight is 228 g/mol. The Balaban J connectivity index is 2.13. The fourth-order valence-electron chi connectivity index (χ4n) is 2.50. The third kappa shape index (κ3) is 7.34. The zero-order valence-electron chi connectivity index (χ0n) is 10.6. The van der Waals surface area contributed by atoms with Gasteiger partial charge in [0.05, 0.1) is 0 Å². The number of hydrogen-bond donors (Lipinski definition) is 0. The fraction of sp³-hybridized carbons (Fsp3) is 1.00. The van der Waals surface area contributed by atoms with Crippen molar-refractivity contribution >= 4 is 8.58 Å². The van der Waals surface area contributed by atoms with Crippen LogP contribution in [-0.2, 0) is 0 Å². The highest BCUT2D eigenvalue weighted by Gasteiger charge is 2.09. The van der Waals surface area contributed by atoms with Crippen LogP contribution in [0.1, 0.15) is 77.6 Å². The molecule has 0 aromatic carbocycles. The van der Waals surface area contributed by atoms with Crippen LogP contribution in [0.5, 0.6) is 0 Å². The molecule has 0 aromatic heterocycles. The summed E-state index contributed by atoms with van der Waals surface area (Å²) in [6.07, 6.45) is 18.0. The Morgan fingerprint density at radius 2 is 1.40 bits per heavy atom. The van der Waals surface area contributed by atoms with Gasteiger partial charge in [-0.25, -0.2) is 0 Å². The van der Waals surface area contributed by atoms with E-state index in [2.05, 4.69) is 6.92 Å². The van der Waals surface area contributed by atoms with Gasteiger partial charge in [0, 0.05) is 0 Å². The first-order valence-corrected chi connectivity index (χ1v) is 8.45. The molecule has 0 bridgehead atoms. The van der Waals surface area contributed by atoms with Gasteiger partial charge in [-0.15, -0.1) is 8.58 Å². The predicted octanol–water partition coefficient (Wildman–Crippen LogP) is 5.36. The van der Waals surface area contributed by atoms with Crippen molar-refractivity contribution in [3.63, 3.8) is 0 Å². The molecule has 1 aliphatic carbocycles. The summed E-state index contributed by atoms with van der Waals surface area (Å²) in [5, 5.41) is 0. The predicted molar refractivity (Wildman–Crippen MR) is 73.4 cm³/mol. The van der Waals surface area contributed by atoms with Crippen molar-refractivity contribution in [3.8, 4) is 0 Å². The molecule has 0 amide bonds. The first-order chi connectivity index (χ1) is 7.43. The summed E-state index contributed by atoms with van der Waals surface area (Å²) < 4.78 is 0. The van der Waals surface area contributed by atoms with Crippen molar-refractivity contribution in [2.75, 3.05) is 6.16 Å². The minimum atomic E-state index is 1.11. The van der Waals surface area contributed by atoms with Crippen molar-refractivity contribution in [2.45, 2.75) is 83.2 Å². The molecule has 1 atom stereocenters. The molecule has 0 heterocycles. The molecule has 1 fully saturated rings. The first-order valence-electron chi connectivity index (χ1n) is 7.17. The lowest BCUT2D eigenvalue weighted by molar-refractivity contribution is 0.509. The van der Waals surface area contributed by atoms with E-state index in [9.17, 15) is 0 Å². The van der Waals surface area contributed by atoms with Crippen molar-refractivity contribution in [1.29, 1.82) is 0 Å². The average Bonchev–Trinajstić information content (AvgIpc) is 2.27. The maximum Gasteiger partial charge on any atom is -0.0237 e. The lowest BCUT2D eigenvalue weighted by Crippen LogP contribution is -2.03. The van der Waals surface area contributed by atoms with Gasteiger partial charge >= 0.3 is 0 Å². The van der Waals surface area contributed by atoms with E-state index in [1.807, 2.05) is 0 Å². The second-order valence-electron chi connectivity index (χ2n) is 5.06. The Bertz CT molecular complexity index is 121. The number of rotatable bonds is 4. The quantitative estimate of drug-likeness (QED) is 0.449. The van der Waals surface area contributed by atoms with Crippen LogP contribution in [0.3, 0.4) is 0 Å². The Morgan fingerprint density at radius 1 is 0.867 bits per heavy atom. The SMILES string of the molecule is CCCCPC1CCCCCCCCC1. The molecule has 0 saturated heterocycles. The minimum absolute atomic E-state index is 1.11. The topological polar surface area (TPSA) is 0 Å². The Kier molecular flexibility index (Phi) is 8.67. The molecule has 1 heteroatoms. The fourth-order valence-corrected chi connectivity index (χ4v) is 4.28. The van der Waals surface area contributed by atoms with E-state index in [4.69, 9.17) is 0 Å². The van der Waals surface area contributed by atoms with Crippen molar-refractivity contribution in [3.05, 3.63) is 0 Å². The highest BCUT2D eigenvalue weighted by molar-refractivity contribution is 7.38. The van der Waals surface area contributed by atoms with Crippen molar-refractivity contribution in [2.24, 2.45) is 0 Å². The van der Waals surface area contributed by atoms with Gasteiger partial charge in [-0.05, 0) is 31.1 Å². The molecule has 0 nitrogen and oxygen atoms in total. The summed E-state index contributed by atoms with van der Waals surface area (Å²) in [6, 6.07) is 0. The van der Waals surface area contributed by atoms with Crippen LogP contribution in [0, 0.1) is 0 Å². The highest BCUT2D eigenvalue weighted by Crippen LogP contribution is 2.31. The Labute approximate surface area is 98.4 Å². The largest absolute Gasteiger partial charge is 0.119 e. The maximum atomic E-state index is 2.32. The summed E-state index contributed by atoms with van der Waals surface area (Å²) in [5.41, 5.74) is 1.11. The second-order valence-corrected chi connectivity index (χ2v) is 6.78. The molecular weight excluding hydrogens is 199 g/mol. The first kappa shape index (κ1) is 13.5. The summed E-state index contributed by atoms with van der Waals surface area (Å²) in [5.74, 6) is 0. The zero-order valence-corrected chi connectivity index (χ0v) is 11.6. The molecular formula is C14H29P. The second kappa shape index (κ2) is 9.64. The summed E-state index contributed by atoms with van der Waals surface area (Å²) in [6.45, 7) is 2.32. The van der Waals surface area contributed by atoms with Crippen LogP contribution < -0.4 is 0 Å². The standard InChI is InChI=1S/C14H29P/c1-2-3-13-15-14-11-9-7-5-4-6-8-10-12-14/h14-15H,2-13H2,1H3. The molecule has 1 saturated carbocycles. The molecule has 0 N–H and O–H groups in total. The molecule has 0 radical (unpaired) electrons. The van der Waals surface area contributed by atoms with Crippen LogP contribution in [-0.4, -0.2) is 11.8 Å². The van der Waals surface area contributed by atoms with E-state index in [1.54, 1.807) is 12.8 Å². The Morgan fingerprint density at radius 3 is 1.93 bits per heavy atom. The van der Waals surface area contributed by atoms with Crippen LogP contribution in [0.4, 0.5) is 0 Å². The lowest BCUT2D eigenvalue weighted by Gasteiger charge is -2.18. The molecule has 1 aliphatic rings. The van der Waals surface area contributed by atoms with Crippen LogP contribution in [0.2, 0.25) is 0 Å². The van der Waals surface area contributed by atoms with Gasteiger partial charge in [-0.2, -0.15) is 0 Å². The highest BCUT2D eigenvalue weighted by atomic mass is 31.1. The van der Waals surface area contributed by atoms with Gasteiger partial charge in [-0.3, -0.25) is 0 Å². The third-order valence-corrected chi connectivity index (χ3v) is 5.37. The van der Waals surface area contributed by atoms with Gasteiger partial charge in [0.15, 0.2) is 0 Å². The van der Waals surface area contributed by atoms with E-state index in [0.717, 1.165) is 5.66 Å². The van der Waals surface area contributed by atoms with Crippen molar-refractivity contribution < 1.29 is 0 Å².